The highest BCUT2D eigenvalue weighted by Gasteiger charge is 2.26. The molecule has 0 nitrogen and oxygen atoms in total. The molecule has 1 heteroatoms. The van der Waals surface area contributed by atoms with Crippen molar-refractivity contribution >= 4 is 19.9 Å². The monoisotopic (exact) mass is 346 g/mol. The second-order valence-electron chi connectivity index (χ2n) is 7.97. The highest BCUT2D eigenvalue weighted by Crippen LogP contribution is 2.40. The summed E-state index contributed by atoms with van der Waals surface area (Å²) in [4.78, 5) is 0. The highest BCUT2D eigenvalue weighted by atomic mass is 28.2. The van der Waals surface area contributed by atoms with Gasteiger partial charge in [0.1, 0.15) is 9.52 Å². The van der Waals surface area contributed by atoms with Crippen LogP contribution in [0.4, 0.5) is 0 Å². The Hall–Kier alpha value is -1.34. The molecular formula is C24H30Si. The van der Waals surface area contributed by atoms with E-state index < -0.39 is 0 Å². The standard InChI is InChI=1S/C24H30Si/c1-4-11-19(12-5-1)22-17-10-18-23(25-21-15-8-3-9-16-21)24(22)20-13-6-2-7-14-20/h3,8-10,15-20H,1-2,4-7,11-14H2. The summed E-state index contributed by atoms with van der Waals surface area (Å²) in [5.74, 6) is 1.64. The van der Waals surface area contributed by atoms with Crippen LogP contribution in [0.5, 0.6) is 0 Å². The van der Waals surface area contributed by atoms with Crippen molar-refractivity contribution in [2.75, 3.05) is 0 Å². The largest absolute Gasteiger partial charge is 0.121 e. The summed E-state index contributed by atoms with van der Waals surface area (Å²) in [6, 6.07) is 18.4. The maximum Gasteiger partial charge on any atom is 0.121 e. The van der Waals surface area contributed by atoms with Crippen LogP contribution < -0.4 is 10.4 Å². The molecule has 2 fully saturated rings. The zero-order valence-electron chi connectivity index (χ0n) is 15.3. The Bertz CT molecular complexity index is 664. The minimum absolute atomic E-state index is 0.811. The van der Waals surface area contributed by atoms with Crippen molar-refractivity contribution < 1.29 is 0 Å². The van der Waals surface area contributed by atoms with Crippen LogP contribution in [-0.2, 0) is 0 Å². The first kappa shape index (κ1) is 17.1. The molecule has 25 heavy (non-hydrogen) atoms. The van der Waals surface area contributed by atoms with Gasteiger partial charge in [0.2, 0.25) is 0 Å². The van der Waals surface area contributed by atoms with Crippen molar-refractivity contribution in [2.45, 2.75) is 76.0 Å². The van der Waals surface area contributed by atoms with Crippen LogP contribution >= 0.6 is 0 Å². The average Bonchev–Trinajstić information content (AvgIpc) is 2.70. The molecule has 0 bridgehead atoms. The van der Waals surface area contributed by atoms with Crippen LogP contribution in [0, 0.1) is 0 Å². The Labute approximate surface area is 155 Å². The third kappa shape index (κ3) is 4.08. The minimum Gasteiger partial charge on any atom is -0.0631 e. The van der Waals surface area contributed by atoms with Crippen molar-refractivity contribution in [1.82, 2.24) is 0 Å². The van der Waals surface area contributed by atoms with Gasteiger partial charge in [-0.05, 0) is 48.6 Å². The number of hydrogen-bond donors (Lipinski definition) is 0. The molecule has 2 radical (unpaired) electrons. The van der Waals surface area contributed by atoms with Crippen LogP contribution in [0.2, 0.25) is 0 Å². The predicted octanol–water partition coefficient (Wildman–Crippen LogP) is 5.44. The molecule has 2 aliphatic carbocycles. The summed E-state index contributed by atoms with van der Waals surface area (Å²) >= 11 is 0. The molecule has 0 saturated heterocycles. The zero-order valence-corrected chi connectivity index (χ0v) is 16.3. The first-order valence-electron chi connectivity index (χ1n) is 10.4. The van der Waals surface area contributed by atoms with Gasteiger partial charge in [0, 0.05) is 0 Å². The van der Waals surface area contributed by atoms with Crippen LogP contribution in [0.25, 0.3) is 0 Å². The van der Waals surface area contributed by atoms with Crippen molar-refractivity contribution in [3.05, 3.63) is 59.7 Å². The van der Waals surface area contributed by atoms with E-state index in [1.807, 2.05) is 0 Å². The van der Waals surface area contributed by atoms with E-state index in [0.717, 1.165) is 21.4 Å². The third-order valence-corrected chi connectivity index (χ3v) is 7.58. The molecule has 0 N–H and O–H groups in total. The summed E-state index contributed by atoms with van der Waals surface area (Å²) in [5.41, 5.74) is 3.50. The summed E-state index contributed by atoms with van der Waals surface area (Å²) in [6.45, 7) is 0. The van der Waals surface area contributed by atoms with Crippen molar-refractivity contribution in [3.8, 4) is 0 Å². The van der Waals surface area contributed by atoms with E-state index in [4.69, 9.17) is 0 Å². The Morgan fingerprint density at radius 2 is 1.24 bits per heavy atom. The third-order valence-electron chi connectivity index (χ3n) is 6.25. The number of benzene rings is 2. The topological polar surface area (TPSA) is 0 Å². The summed E-state index contributed by atoms with van der Waals surface area (Å²) < 4.78 is 0. The van der Waals surface area contributed by atoms with Crippen molar-refractivity contribution in [3.63, 3.8) is 0 Å². The van der Waals surface area contributed by atoms with Gasteiger partial charge >= 0.3 is 0 Å². The van der Waals surface area contributed by atoms with Gasteiger partial charge in [-0.25, -0.2) is 0 Å². The molecule has 2 aromatic carbocycles. The van der Waals surface area contributed by atoms with Gasteiger partial charge in [-0.1, -0.05) is 97.4 Å². The fraction of sp³-hybridized carbons (Fsp3) is 0.500. The molecule has 2 aliphatic rings. The number of hydrogen-bond acceptors (Lipinski definition) is 0. The van der Waals surface area contributed by atoms with Crippen LogP contribution in [0.3, 0.4) is 0 Å². The van der Waals surface area contributed by atoms with Gasteiger partial charge in [-0.3, -0.25) is 0 Å². The molecular weight excluding hydrogens is 316 g/mol. The molecule has 0 aliphatic heterocycles. The lowest BCUT2D eigenvalue weighted by Gasteiger charge is -2.31. The maximum absolute atomic E-state index is 2.49. The van der Waals surface area contributed by atoms with Crippen LogP contribution in [0.1, 0.15) is 87.2 Å². The Balaban J connectivity index is 1.71. The Morgan fingerprint density at radius 3 is 1.92 bits per heavy atom. The second-order valence-corrected chi connectivity index (χ2v) is 9.34. The van der Waals surface area contributed by atoms with Crippen LogP contribution in [0.15, 0.2) is 48.5 Å². The molecule has 0 spiro atoms. The molecule has 0 amide bonds. The normalized spacial score (nSPS) is 19.8. The molecule has 130 valence electrons. The maximum atomic E-state index is 2.49. The molecule has 4 rings (SSSR count). The molecule has 2 saturated carbocycles. The van der Waals surface area contributed by atoms with Gasteiger partial charge in [0.05, 0.1) is 0 Å². The van der Waals surface area contributed by atoms with Gasteiger partial charge < -0.3 is 0 Å². The van der Waals surface area contributed by atoms with Gasteiger partial charge in [-0.2, -0.15) is 0 Å². The number of rotatable bonds is 4. The smallest absolute Gasteiger partial charge is 0.0631 e. The van der Waals surface area contributed by atoms with Gasteiger partial charge in [0.25, 0.3) is 0 Å². The first-order chi connectivity index (χ1) is 12.4. The van der Waals surface area contributed by atoms with Crippen LogP contribution in [-0.4, -0.2) is 9.52 Å². The summed E-state index contributed by atoms with van der Waals surface area (Å²) in [5, 5.41) is 3.13. The lowest BCUT2D eigenvalue weighted by molar-refractivity contribution is 0.420. The fourth-order valence-electron chi connectivity index (χ4n) is 4.99. The van der Waals surface area contributed by atoms with E-state index in [9.17, 15) is 0 Å². The van der Waals surface area contributed by atoms with E-state index >= 15 is 0 Å². The van der Waals surface area contributed by atoms with Crippen molar-refractivity contribution in [1.29, 1.82) is 0 Å². The predicted molar refractivity (Wildman–Crippen MR) is 110 cm³/mol. The lowest BCUT2D eigenvalue weighted by atomic mass is 9.76. The lowest BCUT2D eigenvalue weighted by Crippen LogP contribution is -2.33. The minimum atomic E-state index is 0.811. The van der Waals surface area contributed by atoms with E-state index in [1.54, 1.807) is 16.3 Å². The molecule has 0 unspecified atom stereocenters. The SMILES string of the molecule is c1ccc([Si]c2cccc(C3CCCCC3)c2C2CCCCC2)cc1. The van der Waals surface area contributed by atoms with Gasteiger partial charge in [-0.15, -0.1) is 0 Å². The zero-order chi connectivity index (χ0) is 16.9. The molecule has 0 atom stereocenters. The molecule has 2 aromatic rings. The highest BCUT2D eigenvalue weighted by molar-refractivity contribution is 6.67. The molecule has 0 aromatic heterocycles. The summed E-state index contributed by atoms with van der Waals surface area (Å²) in [6.07, 6.45) is 14.3. The average molecular weight is 347 g/mol. The second kappa shape index (κ2) is 8.36. The first-order valence-corrected chi connectivity index (χ1v) is 11.4. The van der Waals surface area contributed by atoms with E-state index in [1.165, 1.54) is 69.4 Å². The van der Waals surface area contributed by atoms with E-state index in [2.05, 4.69) is 48.5 Å². The Morgan fingerprint density at radius 1 is 0.600 bits per heavy atom. The molecule has 0 heterocycles. The van der Waals surface area contributed by atoms with Crippen molar-refractivity contribution in [2.24, 2.45) is 0 Å². The van der Waals surface area contributed by atoms with E-state index in [0.29, 0.717) is 0 Å². The quantitative estimate of drug-likeness (QED) is 0.647. The Kier molecular flexibility index (Phi) is 5.71. The fourth-order valence-corrected chi connectivity index (χ4v) is 6.32. The van der Waals surface area contributed by atoms with E-state index in [-0.39, 0.29) is 0 Å². The van der Waals surface area contributed by atoms with Gasteiger partial charge in [0.15, 0.2) is 0 Å². The summed E-state index contributed by atoms with van der Waals surface area (Å²) in [7, 11) is 0.811.